The highest BCUT2D eigenvalue weighted by molar-refractivity contribution is 9.10. The standard InChI is InChI=1S/C14H18BrNO2/c1-16(9-13-4-2-3-7-18-13)14-6-5-12(15)8-11(14)10-17/h5-6,8,10,13H,2-4,7,9H2,1H3. The third kappa shape index (κ3) is 3.33. The van der Waals surface area contributed by atoms with Gasteiger partial charge in [-0.15, -0.1) is 0 Å². The molecule has 0 N–H and O–H groups in total. The van der Waals surface area contributed by atoms with E-state index in [0.717, 1.165) is 42.4 Å². The Morgan fingerprint density at radius 1 is 1.50 bits per heavy atom. The lowest BCUT2D eigenvalue weighted by molar-refractivity contribution is 0.0216. The number of hydrogen-bond acceptors (Lipinski definition) is 3. The summed E-state index contributed by atoms with van der Waals surface area (Å²) in [6.07, 6.45) is 4.69. The number of nitrogens with zero attached hydrogens (tertiary/aromatic N) is 1. The lowest BCUT2D eigenvalue weighted by Gasteiger charge is -2.29. The smallest absolute Gasteiger partial charge is 0.152 e. The minimum Gasteiger partial charge on any atom is -0.376 e. The van der Waals surface area contributed by atoms with Gasteiger partial charge >= 0.3 is 0 Å². The van der Waals surface area contributed by atoms with Crippen molar-refractivity contribution in [3.8, 4) is 0 Å². The molecule has 1 unspecified atom stereocenters. The van der Waals surface area contributed by atoms with E-state index in [4.69, 9.17) is 4.74 Å². The number of rotatable bonds is 4. The molecule has 0 bridgehead atoms. The van der Waals surface area contributed by atoms with Crippen LogP contribution in [0.3, 0.4) is 0 Å². The summed E-state index contributed by atoms with van der Waals surface area (Å²) in [5.74, 6) is 0. The minimum atomic E-state index is 0.284. The molecular formula is C14H18BrNO2. The van der Waals surface area contributed by atoms with Crippen LogP contribution >= 0.6 is 15.9 Å². The third-order valence-electron chi connectivity index (χ3n) is 3.28. The van der Waals surface area contributed by atoms with E-state index in [2.05, 4.69) is 20.8 Å². The maximum absolute atomic E-state index is 11.1. The van der Waals surface area contributed by atoms with Gasteiger partial charge in [0.25, 0.3) is 0 Å². The zero-order chi connectivity index (χ0) is 13.0. The minimum absolute atomic E-state index is 0.284. The summed E-state index contributed by atoms with van der Waals surface area (Å²) in [5, 5.41) is 0. The highest BCUT2D eigenvalue weighted by Crippen LogP contribution is 2.24. The van der Waals surface area contributed by atoms with Gasteiger partial charge in [0, 0.05) is 35.9 Å². The van der Waals surface area contributed by atoms with Crippen molar-refractivity contribution in [2.45, 2.75) is 25.4 Å². The summed E-state index contributed by atoms with van der Waals surface area (Å²) < 4.78 is 6.65. The highest BCUT2D eigenvalue weighted by atomic mass is 79.9. The molecule has 1 atom stereocenters. The van der Waals surface area contributed by atoms with Gasteiger partial charge in [-0.3, -0.25) is 4.79 Å². The molecule has 0 aromatic heterocycles. The molecule has 2 rings (SSSR count). The van der Waals surface area contributed by atoms with Crippen molar-refractivity contribution in [2.24, 2.45) is 0 Å². The van der Waals surface area contributed by atoms with Crippen molar-refractivity contribution in [1.29, 1.82) is 0 Å². The molecule has 0 spiro atoms. The summed E-state index contributed by atoms with van der Waals surface area (Å²) in [4.78, 5) is 13.2. The Labute approximate surface area is 116 Å². The van der Waals surface area contributed by atoms with E-state index in [-0.39, 0.29) is 6.10 Å². The van der Waals surface area contributed by atoms with Crippen LogP contribution in [0.15, 0.2) is 22.7 Å². The van der Waals surface area contributed by atoms with Crippen molar-refractivity contribution < 1.29 is 9.53 Å². The molecule has 98 valence electrons. The number of benzene rings is 1. The van der Waals surface area contributed by atoms with Gasteiger partial charge in [0.1, 0.15) is 0 Å². The topological polar surface area (TPSA) is 29.5 Å². The Hall–Kier alpha value is -0.870. The molecule has 3 nitrogen and oxygen atoms in total. The molecular weight excluding hydrogens is 294 g/mol. The molecule has 0 radical (unpaired) electrons. The maximum atomic E-state index is 11.1. The van der Waals surface area contributed by atoms with E-state index in [9.17, 15) is 4.79 Å². The number of anilines is 1. The van der Waals surface area contributed by atoms with Crippen LogP contribution in [0.25, 0.3) is 0 Å². The number of aldehydes is 1. The van der Waals surface area contributed by atoms with Crippen molar-refractivity contribution in [3.05, 3.63) is 28.2 Å². The van der Waals surface area contributed by atoms with Crippen LogP contribution in [0.4, 0.5) is 5.69 Å². The van der Waals surface area contributed by atoms with Gasteiger partial charge in [-0.2, -0.15) is 0 Å². The fourth-order valence-corrected chi connectivity index (χ4v) is 2.70. The van der Waals surface area contributed by atoms with Crippen LogP contribution < -0.4 is 4.90 Å². The van der Waals surface area contributed by atoms with Gasteiger partial charge in [0.2, 0.25) is 0 Å². The molecule has 0 saturated carbocycles. The predicted octanol–water partition coefficient (Wildman–Crippen LogP) is 3.27. The number of ether oxygens (including phenoxy) is 1. The van der Waals surface area contributed by atoms with E-state index >= 15 is 0 Å². The molecule has 1 heterocycles. The molecule has 1 aliphatic rings. The molecule has 1 saturated heterocycles. The van der Waals surface area contributed by atoms with E-state index in [0.29, 0.717) is 5.56 Å². The van der Waals surface area contributed by atoms with Crippen LogP contribution in [-0.4, -0.2) is 32.6 Å². The first kappa shape index (κ1) is 13.6. The van der Waals surface area contributed by atoms with E-state index < -0.39 is 0 Å². The lowest BCUT2D eigenvalue weighted by atomic mass is 10.1. The summed E-state index contributed by atoms with van der Waals surface area (Å²) in [6.45, 7) is 1.70. The van der Waals surface area contributed by atoms with Crippen LogP contribution in [-0.2, 0) is 4.74 Å². The predicted molar refractivity (Wildman–Crippen MR) is 76.4 cm³/mol. The zero-order valence-corrected chi connectivity index (χ0v) is 12.1. The fourth-order valence-electron chi connectivity index (χ4n) is 2.32. The normalized spacial score (nSPS) is 19.6. The van der Waals surface area contributed by atoms with Crippen LogP contribution in [0.5, 0.6) is 0 Å². The SMILES string of the molecule is CN(CC1CCCCO1)c1ccc(Br)cc1C=O. The summed E-state index contributed by atoms with van der Waals surface area (Å²) >= 11 is 3.38. The first-order valence-electron chi connectivity index (χ1n) is 6.28. The average Bonchev–Trinajstić information content (AvgIpc) is 2.39. The van der Waals surface area contributed by atoms with E-state index in [1.54, 1.807) is 0 Å². The van der Waals surface area contributed by atoms with Crippen LogP contribution in [0.1, 0.15) is 29.6 Å². The van der Waals surface area contributed by atoms with Gasteiger partial charge in [0.15, 0.2) is 6.29 Å². The summed E-state index contributed by atoms with van der Waals surface area (Å²) in [7, 11) is 2.01. The molecule has 18 heavy (non-hydrogen) atoms. The van der Waals surface area contributed by atoms with E-state index in [1.165, 1.54) is 6.42 Å². The van der Waals surface area contributed by atoms with Gasteiger partial charge in [0.05, 0.1) is 6.10 Å². The molecule has 1 fully saturated rings. The quantitative estimate of drug-likeness (QED) is 0.799. The molecule has 1 aromatic carbocycles. The molecule has 0 aliphatic carbocycles. The van der Waals surface area contributed by atoms with Crippen molar-refractivity contribution in [2.75, 3.05) is 25.1 Å². The van der Waals surface area contributed by atoms with Crippen LogP contribution in [0, 0.1) is 0 Å². The second kappa shape index (κ2) is 6.34. The van der Waals surface area contributed by atoms with Crippen LogP contribution in [0.2, 0.25) is 0 Å². The first-order valence-corrected chi connectivity index (χ1v) is 7.07. The Bertz CT molecular complexity index is 416. The van der Waals surface area contributed by atoms with Crippen molar-refractivity contribution >= 4 is 27.9 Å². The first-order chi connectivity index (χ1) is 8.70. The Morgan fingerprint density at radius 3 is 3.00 bits per heavy atom. The highest BCUT2D eigenvalue weighted by Gasteiger charge is 2.17. The van der Waals surface area contributed by atoms with Crippen molar-refractivity contribution in [1.82, 2.24) is 0 Å². The second-order valence-corrected chi connectivity index (χ2v) is 5.61. The third-order valence-corrected chi connectivity index (χ3v) is 3.77. The number of hydrogen-bond donors (Lipinski definition) is 0. The van der Waals surface area contributed by atoms with Gasteiger partial charge < -0.3 is 9.64 Å². The van der Waals surface area contributed by atoms with Gasteiger partial charge in [-0.25, -0.2) is 0 Å². The van der Waals surface area contributed by atoms with Crippen molar-refractivity contribution in [3.63, 3.8) is 0 Å². The Morgan fingerprint density at radius 2 is 2.33 bits per heavy atom. The monoisotopic (exact) mass is 311 g/mol. The second-order valence-electron chi connectivity index (χ2n) is 4.69. The van der Waals surface area contributed by atoms with Gasteiger partial charge in [-0.1, -0.05) is 15.9 Å². The molecule has 1 aliphatic heterocycles. The number of halogens is 1. The van der Waals surface area contributed by atoms with Gasteiger partial charge in [-0.05, 0) is 37.5 Å². The number of carbonyl (C=O) groups is 1. The zero-order valence-electron chi connectivity index (χ0n) is 10.6. The average molecular weight is 312 g/mol. The summed E-state index contributed by atoms with van der Waals surface area (Å²) in [6, 6.07) is 5.78. The largest absolute Gasteiger partial charge is 0.376 e. The molecule has 4 heteroatoms. The Kier molecular flexibility index (Phi) is 4.78. The fraction of sp³-hybridized carbons (Fsp3) is 0.500. The number of carbonyl (C=O) groups excluding carboxylic acids is 1. The van der Waals surface area contributed by atoms with E-state index in [1.807, 2.05) is 25.2 Å². The lowest BCUT2D eigenvalue weighted by Crippen LogP contribution is -2.33. The summed E-state index contributed by atoms with van der Waals surface area (Å²) in [5.41, 5.74) is 1.67. The molecule has 1 aromatic rings. The number of likely N-dealkylation sites (N-methyl/N-ethyl adjacent to an activating group) is 1. The Balaban J connectivity index is 2.07. The maximum Gasteiger partial charge on any atom is 0.152 e. The molecule has 0 amide bonds.